The molecule has 0 N–H and O–H groups in total. The van der Waals surface area contributed by atoms with Crippen molar-refractivity contribution in [3.8, 4) is 11.8 Å². The minimum atomic E-state index is -0.503. The summed E-state index contributed by atoms with van der Waals surface area (Å²) in [6.45, 7) is 1.99. The van der Waals surface area contributed by atoms with E-state index in [1.165, 1.54) is 0 Å². The molecule has 0 spiro atoms. The van der Waals surface area contributed by atoms with Gasteiger partial charge in [-0.25, -0.2) is 9.48 Å². The van der Waals surface area contributed by atoms with E-state index in [-0.39, 0.29) is 17.7 Å². The highest BCUT2D eigenvalue weighted by Crippen LogP contribution is 2.29. The molecule has 3 aromatic heterocycles. The van der Waals surface area contributed by atoms with Crippen LogP contribution >= 0.6 is 0 Å². The van der Waals surface area contributed by atoms with Crippen molar-refractivity contribution >= 4 is 22.5 Å². The van der Waals surface area contributed by atoms with Crippen molar-refractivity contribution < 1.29 is 9.53 Å². The fourth-order valence-corrected chi connectivity index (χ4v) is 3.07. The first kappa shape index (κ1) is 15.0. The van der Waals surface area contributed by atoms with Crippen LogP contribution < -0.4 is 0 Å². The smallest absolute Gasteiger partial charge is 0.341 e. The van der Waals surface area contributed by atoms with E-state index >= 15 is 0 Å². The number of carbonyl (C=O) groups is 1. The molecule has 0 saturated carbocycles. The van der Waals surface area contributed by atoms with Crippen molar-refractivity contribution in [2.75, 3.05) is 6.61 Å². The summed E-state index contributed by atoms with van der Waals surface area (Å²) in [6, 6.07) is 15.4. The Hall–Kier alpha value is -3.59. The summed E-state index contributed by atoms with van der Waals surface area (Å²) in [7, 11) is 0. The quantitative estimate of drug-likeness (QED) is 0.540. The van der Waals surface area contributed by atoms with Crippen LogP contribution in [-0.2, 0) is 4.74 Å². The Morgan fingerprint density at radius 2 is 2.04 bits per heavy atom. The Morgan fingerprint density at radius 3 is 2.76 bits per heavy atom. The third-order valence-electron chi connectivity index (χ3n) is 4.09. The second kappa shape index (κ2) is 5.80. The Kier molecular flexibility index (Phi) is 3.47. The molecule has 0 aliphatic carbocycles. The summed E-state index contributed by atoms with van der Waals surface area (Å²) in [4.78, 5) is 12.4. The second-order valence-corrected chi connectivity index (χ2v) is 5.47. The van der Waals surface area contributed by atoms with Crippen molar-refractivity contribution in [2.24, 2.45) is 0 Å². The van der Waals surface area contributed by atoms with Crippen LogP contribution in [0.15, 0.2) is 54.9 Å². The summed E-state index contributed by atoms with van der Waals surface area (Å²) in [5.41, 5.74) is 2.78. The van der Waals surface area contributed by atoms with Crippen LogP contribution in [0.1, 0.15) is 22.8 Å². The maximum absolute atomic E-state index is 12.4. The van der Waals surface area contributed by atoms with Crippen LogP contribution in [0.4, 0.5) is 0 Å². The van der Waals surface area contributed by atoms with Gasteiger partial charge in [-0.05, 0) is 31.2 Å². The molecule has 3 heterocycles. The van der Waals surface area contributed by atoms with Crippen molar-refractivity contribution in [3.05, 3.63) is 66.0 Å². The summed E-state index contributed by atoms with van der Waals surface area (Å²) >= 11 is 0. The predicted octanol–water partition coefficient (Wildman–Crippen LogP) is 3.33. The van der Waals surface area contributed by atoms with E-state index in [0.29, 0.717) is 10.9 Å². The maximum Gasteiger partial charge on any atom is 0.341 e. The van der Waals surface area contributed by atoms with Crippen LogP contribution in [-0.4, -0.2) is 26.8 Å². The van der Waals surface area contributed by atoms with E-state index in [2.05, 4.69) is 11.2 Å². The number of fused-ring (bicyclic) bond motifs is 3. The molecule has 1 aromatic carbocycles. The van der Waals surface area contributed by atoms with Crippen LogP contribution in [0.25, 0.3) is 22.2 Å². The molecule has 0 saturated heterocycles. The van der Waals surface area contributed by atoms with Crippen molar-refractivity contribution in [1.82, 2.24) is 14.2 Å². The van der Waals surface area contributed by atoms with Gasteiger partial charge in [0.2, 0.25) is 0 Å². The summed E-state index contributed by atoms with van der Waals surface area (Å²) < 4.78 is 8.78. The largest absolute Gasteiger partial charge is 0.462 e. The van der Waals surface area contributed by atoms with Crippen molar-refractivity contribution in [3.63, 3.8) is 0 Å². The minimum absolute atomic E-state index is 0.248. The number of esters is 1. The Bertz CT molecular complexity index is 1130. The lowest BCUT2D eigenvalue weighted by Gasteiger charge is -2.11. The number of rotatable bonds is 3. The summed E-state index contributed by atoms with van der Waals surface area (Å²) in [5.74, 6) is -0.503. The van der Waals surface area contributed by atoms with Gasteiger partial charge >= 0.3 is 5.97 Å². The zero-order valence-corrected chi connectivity index (χ0v) is 13.5. The normalized spacial score (nSPS) is 10.9. The van der Waals surface area contributed by atoms with Crippen molar-refractivity contribution in [2.45, 2.75) is 6.92 Å². The van der Waals surface area contributed by atoms with Gasteiger partial charge in [0.1, 0.15) is 17.3 Å². The monoisotopic (exact) mass is 330 g/mol. The van der Waals surface area contributed by atoms with Crippen molar-refractivity contribution in [1.29, 1.82) is 5.26 Å². The lowest BCUT2D eigenvalue weighted by Crippen LogP contribution is -2.10. The van der Waals surface area contributed by atoms with Gasteiger partial charge in [-0.2, -0.15) is 10.4 Å². The summed E-state index contributed by atoms with van der Waals surface area (Å²) in [5, 5.41) is 14.8. The number of carbonyl (C=O) groups excluding carboxylic acids is 1. The van der Waals surface area contributed by atoms with Gasteiger partial charge < -0.3 is 9.14 Å². The molecule has 4 aromatic rings. The van der Waals surface area contributed by atoms with Gasteiger partial charge in [0, 0.05) is 6.20 Å². The topological polar surface area (TPSA) is 72.3 Å². The Morgan fingerprint density at radius 1 is 1.24 bits per heavy atom. The van der Waals surface area contributed by atoms with Crippen LogP contribution in [0.3, 0.4) is 0 Å². The van der Waals surface area contributed by atoms with Gasteiger partial charge in [-0.3, -0.25) is 0 Å². The highest BCUT2D eigenvalue weighted by Gasteiger charge is 2.23. The molecule has 6 heteroatoms. The predicted molar refractivity (Wildman–Crippen MR) is 92.7 cm³/mol. The lowest BCUT2D eigenvalue weighted by atomic mass is 10.1. The highest BCUT2D eigenvalue weighted by atomic mass is 16.5. The number of nitrogens with zero attached hydrogens (tertiary/aromatic N) is 4. The molecule has 0 aliphatic heterocycles. The fourth-order valence-electron chi connectivity index (χ4n) is 3.07. The number of hydrogen-bond acceptors (Lipinski definition) is 4. The maximum atomic E-state index is 12.4. The minimum Gasteiger partial charge on any atom is -0.462 e. The average molecular weight is 330 g/mol. The van der Waals surface area contributed by atoms with E-state index in [1.807, 2.05) is 47.0 Å². The Labute approximate surface area is 143 Å². The molecular formula is C19H14N4O2. The molecule has 0 aliphatic rings. The highest BCUT2D eigenvalue weighted by molar-refractivity contribution is 6.05. The summed E-state index contributed by atoms with van der Waals surface area (Å²) in [6.07, 6.45) is 3.46. The van der Waals surface area contributed by atoms with E-state index in [1.54, 1.807) is 23.9 Å². The first-order chi connectivity index (χ1) is 12.3. The number of benzene rings is 1. The molecule has 122 valence electrons. The molecule has 0 amide bonds. The molecular weight excluding hydrogens is 316 g/mol. The zero-order chi connectivity index (χ0) is 17.4. The van der Waals surface area contributed by atoms with E-state index in [0.717, 1.165) is 11.3 Å². The average Bonchev–Trinajstić information content (AvgIpc) is 3.27. The van der Waals surface area contributed by atoms with Crippen LogP contribution in [0, 0.1) is 11.3 Å². The standard InChI is InChI=1S/C19H14N4O2/c1-2-25-19(24)17-14(11-20)15-12-21-23(13-7-4-3-5-8-13)18(15)22-10-6-9-16(17)22/h3-10,12H,2H2,1H3. The van der Waals surface area contributed by atoms with E-state index in [9.17, 15) is 10.1 Å². The number of hydrogen-bond donors (Lipinski definition) is 0. The van der Waals surface area contributed by atoms with Gasteiger partial charge in [-0.15, -0.1) is 0 Å². The second-order valence-electron chi connectivity index (χ2n) is 5.47. The van der Waals surface area contributed by atoms with Gasteiger partial charge in [-0.1, -0.05) is 18.2 Å². The zero-order valence-electron chi connectivity index (χ0n) is 13.5. The molecule has 0 bridgehead atoms. The molecule has 6 nitrogen and oxygen atoms in total. The van der Waals surface area contributed by atoms with Crippen LogP contribution in [0.2, 0.25) is 0 Å². The SMILES string of the molecule is CCOC(=O)c1c(C#N)c2cnn(-c3ccccc3)c2n2cccc12. The Balaban J connectivity index is 2.13. The number of nitriles is 1. The molecule has 0 atom stereocenters. The van der Waals surface area contributed by atoms with E-state index in [4.69, 9.17) is 4.74 Å². The third-order valence-corrected chi connectivity index (χ3v) is 4.09. The van der Waals surface area contributed by atoms with Gasteiger partial charge in [0.15, 0.2) is 0 Å². The lowest BCUT2D eigenvalue weighted by molar-refractivity contribution is 0.0528. The first-order valence-electron chi connectivity index (χ1n) is 7.89. The number of aromatic nitrogens is 3. The van der Waals surface area contributed by atoms with E-state index < -0.39 is 5.97 Å². The molecule has 25 heavy (non-hydrogen) atoms. The van der Waals surface area contributed by atoms with Crippen LogP contribution in [0.5, 0.6) is 0 Å². The van der Waals surface area contributed by atoms with Gasteiger partial charge in [0.25, 0.3) is 0 Å². The first-order valence-corrected chi connectivity index (χ1v) is 7.89. The number of ether oxygens (including phenoxy) is 1. The molecule has 0 fully saturated rings. The molecule has 0 unspecified atom stereocenters. The number of pyridine rings is 1. The van der Waals surface area contributed by atoms with Gasteiger partial charge in [0.05, 0.1) is 35.0 Å². The molecule has 0 radical (unpaired) electrons. The fraction of sp³-hybridized carbons (Fsp3) is 0.105. The molecule has 4 rings (SSSR count). The third kappa shape index (κ3) is 2.17. The number of para-hydroxylation sites is 1.